The van der Waals surface area contributed by atoms with E-state index in [1.165, 1.54) is 32.4 Å². The summed E-state index contributed by atoms with van der Waals surface area (Å²) in [5.41, 5.74) is 0. The number of rotatable bonds is 8. The van der Waals surface area contributed by atoms with Gasteiger partial charge >= 0.3 is 0 Å². The van der Waals surface area contributed by atoms with Gasteiger partial charge in [-0.15, -0.1) is 0 Å². The predicted molar refractivity (Wildman–Crippen MR) is 67.2 cm³/mol. The van der Waals surface area contributed by atoms with Crippen LogP contribution in [-0.4, -0.2) is 36.6 Å². The minimum atomic E-state index is 0.683. The summed E-state index contributed by atoms with van der Waals surface area (Å²) in [7, 11) is 0. The molecule has 0 amide bonds. The van der Waals surface area contributed by atoms with Gasteiger partial charge in [-0.1, -0.05) is 6.92 Å². The summed E-state index contributed by atoms with van der Waals surface area (Å²) in [5, 5.41) is 3.65. The van der Waals surface area contributed by atoms with E-state index >= 15 is 0 Å². The molecular weight excluding hydrogens is 184 g/mol. The molecule has 2 nitrogen and oxygen atoms in total. The molecule has 0 saturated heterocycles. The van der Waals surface area contributed by atoms with Crippen molar-refractivity contribution in [2.75, 3.05) is 19.6 Å². The van der Waals surface area contributed by atoms with Crippen molar-refractivity contribution in [3.63, 3.8) is 0 Å². The Labute approximate surface area is 95.4 Å². The van der Waals surface area contributed by atoms with E-state index in [4.69, 9.17) is 0 Å². The molecular formula is C13H28N2. The van der Waals surface area contributed by atoms with E-state index in [-0.39, 0.29) is 0 Å². The van der Waals surface area contributed by atoms with Gasteiger partial charge in [0, 0.05) is 25.2 Å². The molecule has 1 fully saturated rings. The molecule has 0 aromatic carbocycles. The minimum absolute atomic E-state index is 0.683. The molecule has 2 heteroatoms. The van der Waals surface area contributed by atoms with Gasteiger partial charge in [-0.2, -0.15) is 0 Å². The maximum atomic E-state index is 3.65. The summed E-state index contributed by atoms with van der Waals surface area (Å²) in [6, 6.07) is 1.42. The Kier molecular flexibility index (Phi) is 5.62. The molecule has 0 radical (unpaired) electrons. The minimum Gasteiger partial charge on any atom is -0.313 e. The van der Waals surface area contributed by atoms with Crippen molar-refractivity contribution in [1.29, 1.82) is 0 Å². The van der Waals surface area contributed by atoms with Gasteiger partial charge < -0.3 is 5.32 Å². The molecule has 0 aromatic heterocycles. The Morgan fingerprint density at radius 3 is 2.33 bits per heavy atom. The standard InChI is InChI=1S/C13H28N2/c1-5-9-15(11(2)3)10-8-14-12(4)13-6-7-13/h11-14H,5-10H2,1-4H3. The lowest BCUT2D eigenvalue weighted by atomic mass is 10.2. The lowest BCUT2D eigenvalue weighted by Gasteiger charge is -2.26. The summed E-state index contributed by atoms with van der Waals surface area (Å²) in [5.74, 6) is 0.976. The molecule has 1 saturated carbocycles. The highest BCUT2D eigenvalue weighted by atomic mass is 15.2. The molecule has 0 heterocycles. The maximum Gasteiger partial charge on any atom is 0.0110 e. The summed E-state index contributed by atoms with van der Waals surface area (Å²) >= 11 is 0. The molecule has 90 valence electrons. The van der Waals surface area contributed by atoms with Gasteiger partial charge in [0.25, 0.3) is 0 Å². The first-order valence-corrected chi connectivity index (χ1v) is 6.62. The Bertz CT molecular complexity index is 164. The number of hydrogen-bond acceptors (Lipinski definition) is 2. The number of hydrogen-bond donors (Lipinski definition) is 1. The molecule has 1 aliphatic rings. The van der Waals surface area contributed by atoms with Crippen LogP contribution in [0.2, 0.25) is 0 Å². The zero-order chi connectivity index (χ0) is 11.3. The topological polar surface area (TPSA) is 15.3 Å². The van der Waals surface area contributed by atoms with Crippen LogP contribution in [0.3, 0.4) is 0 Å². The molecule has 15 heavy (non-hydrogen) atoms. The second-order valence-corrected chi connectivity index (χ2v) is 5.21. The molecule has 0 bridgehead atoms. The first kappa shape index (κ1) is 13.0. The highest BCUT2D eigenvalue weighted by Gasteiger charge is 2.27. The summed E-state index contributed by atoms with van der Waals surface area (Å²) in [4.78, 5) is 2.56. The van der Waals surface area contributed by atoms with Crippen molar-refractivity contribution in [3.8, 4) is 0 Å². The third-order valence-corrected chi connectivity index (χ3v) is 3.44. The van der Waals surface area contributed by atoms with Gasteiger partial charge in [0.05, 0.1) is 0 Å². The van der Waals surface area contributed by atoms with Gasteiger partial charge in [-0.3, -0.25) is 4.90 Å². The molecule has 1 rings (SSSR count). The van der Waals surface area contributed by atoms with Gasteiger partial charge in [-0.25, -0.2) is 0 Å². The molecule has 1 atom stereocenters. The van der Waals surface area contributed by atoms with E-state index in [0.717, 1.165) is 18.5 Å². The van der Waals surface area contributed by atoms with Crippen LogP contribution in [0.4, 0.5) is 0 Å². The smallest absolute Gasteiger partial charge is 0.0110 e. The lowest BCUT2D eigenvalue weighted by Crippen LogP contribution is -2.40. The van der Waals surface area contributed by atoms with E-state index in [1.54, 1.807) is 0 Å². The van der Waals surface area contributed by atoms with Crippen LogP contribution in [0, 0.1) is 5.92 Å². The fourth-order valence-electron chi connectivity index (χ4n) is 2.11. The van der Waals surface area contributed by atoms with E-state index in [0.29, 0.717) is 6.04 Å². The molecule has 0 spiro atoms. The normalized spacial score (nSPS) is 18.8. The second-order valence-electron chi connectivity index (χ2n) is 5.21. The molecule has 1 unspecified atom stereocenters. The zero-order valence-electron chi connectivity index (χ0n) is 10.9. The largest absolute Gasteiger partial charge is 0.313 e. The summed E-state index contributed by atoms with van der Waals surface area (Å²) in [6.45, 7) is 12.8. The maximum absolute atomic E-state index is 3.65. The van der Waals surface area contributed by atoms with Crippen LogP contribution in [0.5, 0.6) is 0 Å². The third kappa shape index (κ3) is 4.98. The number of nitrogens with zero attached hydrogens (tertiary/aromatic N) is 1. The monoisotopic (exact) mass is 212 g/mol. The Morgan fingerprint density at radius 2 is 1.87 bits per heavy atom. The Morgan fingerprint density at radius 1 is 1.20 bits per heavy atom. The quantitative estimate of drug-likeness (QED) is 0.665. The molecule has 1 aliphatic carbocycles. The molecule has 0 aliphatic heterocycles. The van der Waals surface area contributed by atoms with Crippen molar-refractivity contribution < 1.29 is 0 Å². The summed E-state index contributed by atoms with van der Waals surface area (Å²) < 4.78 is 0. The first-order valence-electron chi connectivity index (χ1n) is 6.62. The zero-order valence-corrected chi connectivity index (χ0v) is 10.9. The molecule has 1 N–H and O–H groups in total. The highest BCUT2D eigenvalue weighted by molar-refractivity contribution is 4.83. The van der Waals surface area contributed by atoms with Gasteiger partial charge in [0.1, 0.15) is 0 Å². The predicted octanol–water partition coefficient (Wildman–Crippen LogP) is 2.49. The molecule has 0 aromatic rings. The third-order valence-electron chi connectivity index (χ3n) is 3.44. The van der Waals surface area contributed by atoms with Crippen molar-refractivity contribution in [2.45, 2.75) is 59.0 Å². The average Bonchev–Trinajstić information content (AvgIpc) is 2.99. The van der Waals surface area contributed by atoms with Crippen molar-refractivity contribution in [3.05, 3.63) is 0 Å². The summed E-state index contributed by atoms with van der Waals surface area (Å²) in [6.07, 6.45) is 4.14. The first-order chi connectivity index (χ1) is 7.15. The van der Waals surface area contributed by atoms with Gasteiger partial charge in [0.15, 0.2) is 0 Å². The van der Waals surface area contributed by atoms with Crippen molar-refractivity contribution >= 4 is 0 Å². The van der Waals surface area contributed by atoms with Gasteiger partial charge in [-0.05, 0) is 52.5 Å². The number of nitrogens with one attached hydrogen (secondary N) is 1. The fraction of sp³-hybridized carbons (Fsp3) is 1.00. The highest BCUT2D eigenvalue weighted by Crippen LogP contribution is 2.32. The van der Waals surface area contributed by atoms with Crippen LogP contribution >= 0.6 is 0 Å². The fourth-order valence-corrected chi connectivity index (χ4v) is 2.11. The van der Waals surface area contributed by atoms with Crippen LogP contribution < -0.4 is 5.32 Å². The van der Waals surface area contributed by atoms with Crippen LogP contribution in [0.1, 0.15) is 47.0 Å². The lowest BCUT2D eigenvalue weighted by molar-refractivity contribution is 0.219. The van der Waals surface area contributed by atoms with Crippen LogP contribution in [0.25, 0.3) is 0 Å². The van der Waals surface area contributed by atoms with Crippen LogP contribution in [-0.2, 0) is 0 Å². The Hall–Kier alpha value is -0.0800. The Balaban J connectivity index is 2.09. The van der Waals surface area contributed by atoms with E-state index in [2.05, 4.69) is 37.9 Å². The van der Waals surface area contributed by atoms with E-state index in [1.807, 2.05) is 0 Å². The SMILES string of the molecule is CCCN(CCNC(C)C1CC1)C(C)C. The average molecular weight is 212 g/mol. The van der Waals surface area contributed by atoms with E-state index < -0.39 is 0 Å². The van der Waals surface area contributed by atoms with Gasteiger partial charge in [0.2, 0.25) is 0 Å². The second kappa shape index (κ2) is 6.49. The van der Waals surface area contributed by atoms with E-state index in [9.17, 15) is 0 Å². The van der Waals surface area contributed by atoms with Crippen molar-refractivity contribution in [1.82, 2.24) is 10.2 Å². The van der Waals surface area contributed by atoms with Crippen LogP contribution in [0.15, 0.2) is 0 Å². The van der Waals surface area contributed by atoms with Crippen molar-refractivity contribution in [2.24, 2.45) is 5.92 Å².